The van der Waals surface area contributed by atoms with E-state index in [1.165, 1.54) is 4.31 Å². The van der Waals surface area contributed by atoms with Gasteiger partial charge in [-0.1, -0.05) is 60.2 Å². The van der Waals surface area contributed by atoms with Gasteiger partial charge in [0.15, 0.2) is 11.5 Å². The van der Waals surface area contributed by atoms with E-state index in [-0.39, 0.29) is 37.7 Å². The number of hydrogen-bond acceptors (Lipinski definition) is 6. The SMILES string of the molecule is CCNC(=O)[C@H](Cc1ccccc1)N(Cc1ccc(C)cc1)C(=O)CCCN(c1ccc2c(c1)OCCO2)S(C)(=O)=O. The molecule has 0 aliphatic carbocycles. The van der Waals surface area contributed by atoms with Gasteiger partial charge in [0.1, 0.15) is 19.3 Å². The van der Waals surface area contributed by atoms with E-state index in [0.717, 1.165) is 22.9 Å². The summed E-state index contributed by atoms with van der Waals surface area (Å²) in [5.41, 5.74) is 3.39. The van der Waals surface area contributed by atoms with Crippen LogP contribution in [-0.2, 0) is 32.6 Å². The molecule has 4 rings (SSSR count). The van der Waals surface area contributed by atoms with Crippen LogP contribution in [0.2, 0.25) is 0 Å². The summed E-state index contributed by atoms with van der Waals surface area (Å²) in [6, 6.07) is 21.8. The van der Waals surface area contributed by atoms with E-state index in [1.807, 2.05) is 68.4 Å². The molecule has 1 heterocycles. The number of sulfonamides is 1. The third kappa shape index (κ3) is 8.25. The molecule has 2 amide bonds. The molecule has 3 aromatic rings. The van der Waals surface area contributed by atoms with Crippen LogP contribution in [0.4, 0.5) is 5.69 Å². The predicted molar refractivity (Wildman–Crippen MR) is 163 cm³/mol. The number of nitrogens with zero attached hydrogens (tertiary/aromatic N) is 2. The molecule has 1 N–H and O–H groups in total. The Morgan fingerprint density at radius 2 is 1.62 bits per heavy atom. The van der Waals surface area contributed by atoms with Crippen molar-refractivity contribution < 1.29 is 27.5 Å². The zero-order chi connectivity index (χ0) is 30.1. The van der Waals surface area contributed by atoms with Crippen LogP contribution in [0.1, 0.15) is 36.5 Å². The third-order valence-electron chi connectivity index (χ3n) is 7.06. The first-order valence-electron chi connectivity index (χ1n) is 14.2. The van der Waals surface area contributed by atoms with Gasteiger partial charge in [0, 0.05) is 38.5 Å². The van der Waals surface area contributed by atoms with Crippen LogP contribution in [-0.4, -0.2) is 63.7 Å². The monoisotopic (exact) mass is 593 g/mol. The molecule has 10 heteroatoms. The number of hydrogen-bond donors (Lipinski definition) is 1. The van der Waals surface area contributed by atoms with Gasteiger partial charge in [-0.25, -0.2) is 8.42 Å². The third-order valence-corrected chi connectivity index (χ3v) is 8.26. The fourth-order valence-electron chi connectivity index (χ4n) is 4.93. The van der Waals surface area contributed by atoms with E-state index in [1.54, 1.807) is 23.1 Å². The summed E-state index contributed by atoms with van der Waals surface area (Å²) < 4.78 is 38.0. The maximum atomic E-state index is 13.9. The number of likely N-dealkylation sites (N-methyl/N-ethyl adjacent to an activating group) is 1. The molecule has 1 aliphatic rings. The van der Waals surface area contributed by atoms with Gasteiger partial charge in [0.2, 0.25) is 21.8 Å². The van der Waals surface area contributed by atoms with Crippen molar-refractivity contribution in [3.05, 3.63) is 89.5 Å². The molecule has 9 nitrogen and oxygen atoms in total. The Morgan fingerprint density at radius 1 is 0.929 bits per heavy atom. The maximum Gasteiger partial charge on any atom is 0.243 e. The summed E-state index contributed by atoms with van der Waals surface area (Å²) in [5, 5.41) is 2.89. The highest BCUT2D eigenvalue weighted by Crippen LogP contribution is 2.34. The molecular weight excluding hydrogens is 554 g/mol. The molecule has 0 saturated heterocycles. The average molecular weight is 594 g/mol. The van der Waals surface area contributed by atoms with E-state index < -0.39 is 16.1 Å². The lowest BCUT2D eigenvalue weighted by Gasteiger charge is -2.32. The molecule has 0 bridgehead atoms. The van der Waals surface area contributed by atoms with Crippen LogP contribution in [0.25, 0.3) is 0 Å². The minimum atomic E-state index is -3.65. The second-order valence-electron chi connectivity index (χ2n) is 10.4. The molecule has 0 radical (unpaired) electrons. The Hall–Kier alpha value is -4.05. The number of aryl methyl sites for hydroxylation is 1. The molecule has 1 aliphatic heterocycles. The van der Waals surface area contributed by atoms with Crippen molar-refractivity contribution >= 4 is 27.5 Å². The summed E-state index contributed by atoms with van der Waals surface area (Å²) in [6.07, 6.45) is 1.82. The zero-order valence-corrected chi connectivity index (χ0v) is 25.2. The number of anilines is 1. The highest BCUT2D eigenvalue weighted by Gasteiger charge is 2.30. The molecule has 0 spiro atoms. The number of nitrogens with one attached hydrogen (secondary N) is 1. The average Bonchev–Trinajstić information content (AvgIpc) is 2.97. The number of fused-ring (bicyclic) bond motifs is 1. The number of ether oxygens (including phenoxy) is 2. The largest absolute Gasteiger partial charge is 0.486 e. The van der Waals surface area contributed by atoms with Gasteiger partial charge in [-0.2, -0.15) is 0 Å². The van der Waals surface area contributed by atoms with Gasteiger partial charge in [-0.05, 0) is 43.5 Å². The van der Waals surface area contributed by atoms with Crippen molar-refractivity contribution in [3.8, 4) is 11.5 Å². The lowest BCUT2D eigenvalue weighted by molar-refractivity contribution is -0.141. The number of carbonyl (C=O) groups is 2. The van der Waals surface area contributed by atoms with E-state index in [4.69, 9.17) is 9.47 Å². The van der Waals surface area contributed by atoms with Gasteiger partial charge in [-0.15, -0.1) is 0 Å². The van der Waals surface area contributed by atoms with Crippen LogP contribution in [0.5, 0.6) is 11.5 Å². The molecule has 3 aromatic carbocycles. The second kappa shape index (κ2) is 14.2. The van der Waals surface area contributed by atoms with Crippen LogP contribution in [0.3, 0.4) is 0 Å². The van der Waals surface area contributed by atoms with Gasteiger partial charge in [0.05, 0.1) is 11.9 Å². The minimum Gasteiger partial charge on any atom is -0.486 e. The van der Waals surface area contributed by atoms with Crippen LogP contribution in [0.15, 0.2) is 72.8 Å². The molecule has 0 unspecified atom stereocenters. The molecule has 1 atom stereocenters. The van der Waals surface area contributed by atoms with Crippen molar-refractivity contribution in [1.82, 2.24) is 10.2 Å². The molecular formula is C32H39N3O6S. The first-order chi connectivity index (χ1) is 20.2. The zero-order valence-electron chi connectivity index (χ0n) is 24.4. The fourth-order valence-corrected chi connectivity index (χ4v) is 5.88. The quantitative estimate of drug-likeness (QED) is 0.320. The lowest BCUT2D eigenvalue weighted by Crippen LogP contribution is -2.50. The van der Waals surface area contributed by atoms with Crippen molar-refractivity contribution in [2.75, 3.05) is 36.9 Å². The Kier molecular flexibility index (Phi) is 10.5. The van der Waals surface area contributed by atoms with Gasteiger partial charge >= 0.3 is 0 Å². The summed E-state index contributed by atoms with van der Waals surface area (Å²) in [5.74, 6) is 0.600. The molecule has 0 aromatic heterocycles. The minimum absolute atomic E-state index is 0.0626. The van der Waals surface area contributed by atoms with Crippen LogP contribution in [0, 0.1) is 6.92 Å². The summed E-state index contributed by atoms with van der Waals surface area (Å²) >= 11 is 0. The molecule has 0 saturated carbocycles. The highest BCUT2D eigenvalue weighted by molar-refractivity contribution is 7.92. The van der Waals surface area contributed by atoms with Crippen LogP contribution >= 0.6 is 0 Å². The molecule has 224 valence electrons. The standard InChI is InChI=1S/C32H39N3O6S/c1-4-33-32(37)28(21-25-9-6-5-7-10-25)34(23-26-14-12-24(2)13-15-26)31(36)11-8-18-35(42(3,38)39)27-16-17-29-30(22-27)41-20-19-40-29/h5-7,9-10,12-17,22,28H,4,8,11,18-21,23H2,1-3H3,(H,33,37)/t28-/m0/s1. The van der Waals surface area contributed by atoms with Crippen molar-refractivity contribution in [3.63, 3.8) is 0 Å². The lowest BCUT2D eigenvalue weighted by atomic mass is 10.0. The Morgan fingerprint density at radius 3 is 2.29 bits per heavy atom. The fraction of sp³-hybridized carbons (Fsp3) is 0.375. The Labute approximate surface area is 248 Å². The van der Waals surface area contributed by atoms with E-state index in [9.17, 15) is 18.0 Å². The number of benzene rings is 3. The predicted octanol–water partition coefficient (Wildman–Crippen LogP) is 4.09. The van der Waals surface area contributed by atoms with Gasteiger partial charge in [0.25, 0.3) is 0 Å². The number of carbonyl (C=O) groups excluding carboxylic acids is 2. The topological polar surface area (TPSA) is 105 Å². The van der Waals surface area contributed by atoms with Crippen molar-refractivity contribution in [2.24, 2.45) is 0 Å². The molecule has 0 fully saturated rings. The van der Waals surface area contributed by atoms with E-state index in [2.05, 4.69) is 5.32 Å². The van der Waals surface area contributed by atoms with Crippen LogP contribution < -0.4 is 19.1 Å². The number of rotatable bonds is 13. The Balaban J connectivity index is 1.55. The smallest absolute Gasteiger partial charge is 0.243 e. The van der Waals surface area contributed by atoms with E-state index in [0.29, 0.717) is 43.4 Å². The Bertz CT molecular complexity index is 1460. The summed E-state index contributed by atoms with van der Waals surface area (Å²) in [7, 11) is -3.65. The van der Waals surface area contributed by atoms with Gasteiger partial charge < -0.3 is 19.7 Å². The molecule has 42 heavy (non-hydrogen) atoms. The van der Waals surface area contributed by atoms with E-state index >= 15 is 0 Å². The van der Waals surface area contributed by atoms with Gasteiger partial charge in [-0.3, -0.25) is 13.9 Å². The highest BCUT2D eigenvalue weighted by atomic mass is 32.2. The first-order valence-corrected chi connectivity index (χ1v) is 16.0. The van der Waals surface area contributed by atoms with Crippen molar-refractivity contribution in [1.29, 1.82) is 0 Å². The van der Waals surface area contributed by atoms with Crippen molar-refractivity contribution in [2.45, 2.75) is 45.7 Å². The summed E-state index contributed by atoms with van der Waals surface area (Å²) in [4.78, 5) is 28.8. The summed E-state index contributed by atoms with van der Waals surface area (Å²) in [6.45, 7) is 5.45. The number of amides is 2. The maximum absolute atomic E-state index is 13.9. The first kappa shape index (κ1) is 30.9. The second-order valence-corrected chi connectivity index (χ2v) is 12.3. The normalized spacial score (nSPS) is 13.2.